The summed E-state index contributed by atoms with van der Waals surface area (Å²) >= 11 is 0. The lowest BCUT2D eigenvalue weighted by molar-refractivity contribution is 0.509. The highest BCUT2D eigenvalue weighted by molar-refractivity contribution is 5.06. The van der Waals surface area contributed by atoms with Gasteiger partial charge in [-0.3, -0.25) is 4.68 Å². The molecular formula is C13H21N5. The first-order valence-corrected chi connectivity index (χ1v) is 6.41. The van der Waals surface area contributed by atoms with Crippen LogP contribution < -0.4 is 5.73 Å². The van der Waals surface area contributed by atoms with Gasteiger partial charge in [0.15, 0.2) is 0 Å². The number of aryl methyl sites for hydroxylation is 4. The van der Waals surface area contributed by atoms with E-state index in [9.17, 15) is 0 Å². The predicted molar refractivity (Wildman–Crippen MR) is 71.3 cm³/mol. The summed E-state index contributed by atoms with van der Waals surface area (Å²) in [5, 5.41) is 4.46. The summed E-state index contributed by atoms with van der Waals surface area (Å²) in [6, 6.07) is 2.11. The topological polar surface area (TPSA) is 61.7 Å². The fourth-order valence-corrected chi connectivity index (χ4v) is 2.20. The molecule has 2 N–H and O–H groups in total. The fourth-order valence-electron chi connectivity index (χ4n) is 2.20. The normalized spacial score (nSPS) is 11.1. The molecule has 0 atom stereocenters. The first kappa shape index (κ1) is 12.8. The van der Waals surface area contributed by atoms with E-state index in [1.54, 1.807) is 0 Å². The van der Waals surface area contributed by atoms with Gasteiger partial charge in [-0.05, 0) is 32.9 Å². The molecule has 0 radical (unpaired) electrons. The van der Waals surface area contributed by atoms with Gasteiger partial charge in [0.05, 0.1) is 12.0 Å². The maximum absolute atomic E-state index is 5.58. The summed E-state index contributed by atoms with van der Waals surface area (Å²) in [4.78, 5) is 4.17. The Hall–Kier alpha value is -1.62. The zero-order chi connectivity index (χ0) is 13.0. The molecule has 5 heteroatoms. The van der Waals surface area contributed by atoms with Crippen LogP contribution in [-0.2, 0) is 19.5 Å². The van der Waals surface area contributed by atoms with Crippen LogP contribution in [0.1, 0.15) is 23.5 Å². The van der Waals surface area contributed by atoms with E-state index in [2.05, 4.69) is 32.3 Å². The standard InChI is InChI=1S/C13H21N5/c1-11-8-12(2)18(16-11)7-3-6-17-10-15-9-13(17)4-5-14/h8-10H,3-7,14H2,1-2H3. The smallest absolute Gasteiger partial charge is 0.0948 e. The summed E-state index contributed by atoms with van der Waals surface area (Å²) in [6.07, 6.45) is 5.72. The number of nitrogens with zero attached hydrogens (tertiary/aromatic N) is 4. The van der Waals surface area contributed by atoms with Crippen molar-refractivity contribution in [2.24, 2.45) is 5.73 Å². The van der Waals surface area contributed by atoms with Crippen molar-refractivity contribution in [3.05, 3.63) is 35.7 Å². The molecule has 0 aliphatic carbocycles. The SMILES string of the molecule is Cc1cc(C)n(CCCn2cncc2CCN)n1. The molecule has 0 bridgehead atoms. The van der Waals surface area contributed by atoms with Crippen molar-refractivity contribution in [2.45, 2.75) is 39.8 Å². The molecule has 0 aromatic carbocycles. The molecule has 0 aliphatic heterocycles. The fraction of sp³-hybridized carbons (Fsp3) is 0.538. The lowest BCUT2D eigenvalue weighted by Gasteiger charge is -2.08. The summed E-state index contributed by atoms with van der Waals surface area (Å²) < 4.78 is 4.24. The number of imidazole rings is 1. The third-order valence-electron chi connectivity index (χ3n) is 3.07. The Bertz CT molecular complexity index is 497. The van der Waals surface area contributed by atoms with E-state index < -0.39 is 0 Å². The number of nitrogens with two attached hydrogens (primary N) is 1. The van der Waals surface area contributed by atoms with Gasteiger partial charge in [-0.1, -0.05) is 0 Å². The van der Waals surface area contributed by atoms with Crippen molar-refractivity contribution in [3.63, 3.8) is 0 Å². The van der Waals surface area contributed by atoms with Crippen molar-refractivity contribution in [3.8, 4) is 0 Å². The quantitative estimate of drug-likeness (QED) is 0.836. The van der Waals surface area contributed by atoms with Crippen molar-refractivity contribution in [1.82, 2.24) is 19.3 Å². The number of hydrogen-bond acceptors (Lipinski definition) is 3. The minimum absolute atomic E-state index is 0.670. The van der Waals surface area contributed by atoms with Gasteiger partial charge in [-0.25, -0.2) is 4.98 Å². The van der Waals surface area contributed by atoms with Gasteiger partial charge < -0.3 is 10.3 Å². The predicted octanol–water partition coefficient (Wildman–Crippen LogP) is 1.29. The molecule has 0 fully saturated rings. The Labute approximate surface area is 108 Å². The molecule has 0 spiro atoms. The molecule has 98 valence electrons. The van der Waals surface area contributed by atoms with E-state index in [1.165, 1.54) is 11.4 Å². The Kier molecular flexibility index (Phi) is 4.15. The molecule has 5 nitrogen and oxygen atoms in total. The molecule has 2 aromatic rings. The zero-order valence-corrected chi connectivity index (χ0v) is 11.1. The zero-order valence-electron chi connectivity index (χ0n) is 11.1. The van der Waals surface area contributed by atoms with E-state index >= 15 is 0 Å². The van der Waals surface area contributed by atoms with Gasteiger partial charge in [-0.15, -0.1) is 0 Å². The van der Waals surface area contributed by atoms with Crippen molar-refractivity contribution < 1.29 is 0 Å². The summed E-state index contributed by atoms with van der Waals surface area (Å²) in [5.74, 6) is 0. The van der Waals surface area contributed by atoms with Gasteiger partial charge >= 0.3 is 0 Å². The van der Waals surface area contributed by atoms with Crippen LogP contribution >= 0.6 is 0 Å². The maximum atomic E-state index is 5.58. The summed E-state index contributed by atoms with van der Waals surface area (Å²) in [5.41, 5.74) is 9.09. The lowest BCUT2D eigenvalue weighted by Crippen LogP contribution is -2.11. The van der Waals surface area contributed by atoms with Crippen LogP contribution in [0.15, 0.2) is 18.6 Å². The first-order chi connectivity index (χ1) is 8.70. The summed E-state index contributed by atoms with van der Waals surface area (Å²) in [7, 11) is 0. The van der Waals surface area contributed by atoms with E-state index in [-0.39, 0.29) is 0 Å². The van der Waals surface area contributed by atoms with Crippen LogP contribution in [0.4, 0.5) is 0 Å². The Balaban J connectivity index is 1.88. The van der Waals surface area contributed by atoms with E-state index in [1.807, 2.05) is 19.4 Å². The average molecular weight is 247 g/mol. The van der Waals surface area contributed by atoms with Crippen LogP contribution in [0.3, 0.4) is 0 Å². The Morgan fingerprint density at radius 2 is 2.11 bits per heavy atom. The molecule has 0 unspecified atom stereocenters. The second-order valence-corrected chi connectivity index (χ2v) is 4.62. The van der Waals surface area contributed by atoms with Crippen LogP contribution in [-0.4, -0.2) is 25.9 Å². The highest BCUT2D eigenvalue weighted by Gasteiger charge is 2.03. The van der Waals surface area contributed by atoms with Crippen LogP contribution in [0, 0.1) is 13.8 Å². The molecule has 2 aromatic heterocycles. The monoisotopic (exact) mass is 247 g/mol. The van der Waals surface area contributed by atoms with Crippen LogP contribution in [0.5, 0.6) is 0 Å². The third-order valence-corrected chi connectivity index (χ3v) is 3.07. The lowest BCUT2D eigenvalue weighted by atomic mass is 10.3. The second-order valence-electron chi connectivity index (χ2n) is 4.62. The molecule has 2 heterocycles. The van der Waals surface area contributed by atoms with E-state index in [0.717, 1.165) is 31.6 Å². The third kappa shape index (κ3) is 2.98. The van der Waals surface area contributed by atoms with E-state index in [4.69, 9.17) is 5.73 Å². The minimum atomic E-state index is 0.670. The molecule has 0 amide bonds. The maximum Gasteiger partial charge on any atom is 0.0948 e. The van der Waals surface area contributed by atoms with Crippen molar-refractivity contribution in [1.29, 1.82) is 0 Å². The Morgan fingerprint density at radius 3 is 2.78 bits per heavy atom. The van der Waals surface area contributed by atoms with Crippen LogP contribution in [0.25, 0.3) is 0 Å². The van der Waals surface area contributed by atoms with Crippen LogP contribution in [0.2, 0.25) is 0 Å². The molecule has 2 rings (SSSR count). The molecule has 0 saturated heterocycles. The molecule has 0 saturated carbocycles. The van der Waals surface area contributed by atoms with E-state index in [0.29, 0.717) is 6.54 Å². The van der Waals surface area contributed by atoms with Crippen molar-refractivity contribution >= 4 is 0 Å². The average Bonchev–Trinajstić information content (AvgIpc) is 2.88. The molecular weight excluding hydrogens is 226 g/mol. The highest BCUT2D eigenvalue weighted by atomic mass is 15.3. The first-order valence-electron chi connectivity index (χ1n) is 6.41. The number of aromatic nitrogens is 4. The van der Waals surface area contributed by atoms with Gasteiger partial charge in [0, 0.05) is 37.1 Å². The molecule has 18 heavy (non-hydrogen) atoms. The second kappa shape index (κ2) is 5.82. The van der Waals surface area contributed by atoms with Gasteiger partial charge in [0.2, 0.25) is 0 Å². The Morgan fingerprint density at radius 1 is 1.28 bits per heavy atom. The number of hydrogen-bond donors (Lipinski definition) is 1. The van der Waals surface area contributed by atoms with Gasteiger partial charge in [0.25, 0.3) is 0 Å². The highest BCUT2D eigenvalue weighted by Crippen LogP contribution is 2.05. The minimum Gasteiger partial charge on any atom is -0.334 e. The van der Waals surface area contributed by atoms with Crippen molar-refractivity contribution in [2.75, 3.05) is 6.54 Å². The number of rotatable bonds is 6. The van der Waals surface area contributed by atoms with Gasteiger partial charge in [-0.2, -0.15) is 5.10 Å². The largest absolute Gasteiger partial charge is 0.334 e. The summed E-state index contributed by atoms with van der Waals surface area (Å²) in [6.45, 7) is 6.70. The molecule has 0 aliphatic rings. The van der Waals surface area contributed by atoms with Gasteiger partial charge in [0.1, 0.15) is 0 Å².